The van der Waals surface area contributed by atoms with Crippen LogP contribution in [0.2, 0.25) is 0 Å². The van der Waals surface area contributed by atoms with E-state index >= 15 is 0 Å². The number of benzene rings is 1. The number of carboxylic acids is 1. The third-order valence-corrected chi connectivity index (χ3v) is 4.59. The van der Waals surface area contributed by atoms with Gasteiger partial charge in [0.25, 0.3) is 0 Å². The molecule has 1 N–H and O–H groups in total. The Morgan fingerprint density at radius 3 is 2.65 bits per heavy atom. The summed E-state index contributed by atoms with van der Waals surface area (Å²) in [6, 6.07) is 8.44. The molecule has 1 fully saturated rings. The predicted octanol–water partition coefficient (Wildman–Crippen LogP) is 2.56. The first kappa shape index (κ1) is 14.7. The van der Waals surface area contributed by atoms with Gasteiger partial charge < -0.3 is 9.84 Å². The van der Waals surface area contributed by atoms with Crippen molar-refractivity contribution in [2.45, 2.75) is 31.2 Å². The van der Waals surface area contributed by atoms with Gasteiger partial charge in [0, 0.05) is 4.75 Å². The van der Waals surface area contributed by atoms with Gasteiger partial charge in [-0.25, -0.2) is 9.59 Å². The van der Waals surface area contributed by atoms with E-state index in [-0.39, 0.29) is 6.61 Å². The van der Waals surface area contributed by atoms with Crippen LogP contribution in [0.5, 0.6) is 0 Å². The second kappa shape index (κ2) is 5.75. The number of carbonyl (C=O) groups excluding carboxylic acids is 1. The highest BCUT2D eigenvalue weighted by molar-refractivity contribution is 8.00. The molecule has 5 nitrogen and oxygen atoms in total. The Balaban J connectivity index is 2.00. The van der Waals surface area contributed by atoms with E-state index in [0.717, 1.165) is 5.56 Å². The van der Waals surface area contributed by atoms with E-state index in [1.807, 2.05) is 44.2 Å². The van der Waals surface area contributed by atoms with E-state index in [4.69, 9.17) is 4.74 Å². The van der Waals surface area contributed by atoms with E-state index in [1.165, 1.54) is 16.7 Å². The van der Waals surface area contributed by atoms with Gasteiger partial charge in [0.2, 0.25) is 0 Å². The van der Waals surface area contributed by atoms with Crippen molar-refractivity contribution in [3.8, 4) is 0 Å². The maximum absolute atomic E-state index is 12.0. The molecule has 0 aliphatic carbocycles. The molecular weight excluding hydrogens is 278 g/mol. The van der Waals surface area contributed by atoms with Crippen molar-refractivity contribution in [1.82, 2.24) is 4.90 Å². The van der Waals surface area contributed by atoms with Crippen molar-refractivity contribution in [1.29, 1.82) is 0 Å². The van der Waals surface area contributed by atoms with Crippen LogP contribution in [0.3, 0.4) is 0 Å². The summed E-state index contributed by atoms with van der Waals surface area (Å²) in [6.07, 6.45) is -0.584. The molecule has 0 aromatic heterocycles. The largest absolute Gasteiger partial charge is 0.480 e. The first-order valence-corrected chi connectivity index (χ1v) is 7.24. The van der Waals surface area contributed by atoms with Gasteiger partial charge >= 0.3 is 12.1 Å². The molecular formula is C14H17NO4S. The molecule has 20 heavy (non-hydrogen) atoms. The van der Waals surface area contributed by atoms with Crippen molar-refractivity contribution in [3.63, 3.8) is 0 Å². The molecule has 2 rings (SSSR count). The molecule has 1 aliphatic rings. The summed E-state index contributed by atoms with van der Waals surface area (Å²) >= 11 is 1.44. The van der Waals surface area contributed by atoms with Crippen LogP contribution in [-0.4, -0.2) is 38.7 Å². The highest BCUT2D eigenvalue weighted by atomic mass is 32.2. The molecule has 0 spiro atoms. The summed E-state index contributed by atoms with van der Waals surface area (Å²) in [7, 11) is 0. The minimum Gasteiger partial charge on any atom is -0.480 e. The maximum atomic E-state index is 12.0. The Bertz CT molecular complexity index is 503. The number of aliphatic carboxylic acids is 1. The quantitative estimate of drug-likeness (QED) is 0.928. The van der Waals surface area contributed by atoms with Crippen molar-refractivity contribution >= 4 is 23.8 Å². The van der Waals surface area contributed by atoms with Gasteiger partial charge in [0.05, 0.1) is 5.88 Å². The monoisotopic (exact) mass is 295 g/mol. The number of ether oxygens (including phenoxy) is 1. The molecule has 0 radical (unpaired) electrons. The van der Waals surface area contributed by atoms with Gasteiger partial charge in [-0.2, -0.15) is 0 Å². The molecule has 1 saturated heterocycles. The Kier molecular flexibility index (Phi) is 4.23. The van der Waals surface area contributed by atoms with E-state index < -0.39 is 22.9 Å². The highest BCUT2D eigenvalue weighted by Gasteiger charge is 2.48. The topological polar surface area (TPSA) is 66.8 Å². The fraction of sp³-hybridized carbons (Fsp3) is 0.429. The van der Waals surface area contributed by atoms with Crippen LogP contribution in [-0.2, 0) is 16.1 Å². The number of hydrogen-bond acceptors (Lipinski definition) is 4. The number of carbonyl (C=O) groups is 2. The molecule has 0 saturated carbocycles. The van der Waals surface area contributed by atoms with E-state index in [0.29, 0.717) is 5.88 Å². The lowest BCUT2D eigenvalue weighted by atomic mass is 10.0. The third kappa shape index (κ3) is 3.07. The highest BCUT2D eigenvalue weighted by Crippen LogP contribution is 2.39. The molecule has 1 amide bonds. The predicted molar refractivity (Wildman–Crippen MR) is 76.4 cm³/mol. The minimum atomic E-state index is -1.00. The van der Waals surface area contributed by atoms with E-state index in [1.54, 1.807) is 0 Å². The van der Waals surface area contributed by atoms with Crippen LogP contribution < -0.4 is 0 Å². The van der Waals surface area contributed by atoms with Gasteiger partial charge in [-0.1, -0.05) is 30.3 Å². The zero-order valence-electron chi connectivity index (χ0n) is 11.4. The van der Waals surface area contributed by atoms with Crippen LogP contribution in [0, 0.1) is 0 Å². The van der Waals surface area contributed by atoms with Crippen molar-refractivity contribution in [2.75, 3.05) is 5.88 Å². The summed E-state index contributed by atoms with van der Waals surface area (Å²) < 4.78 is 4.68. The first-order valence-electron chi connectivity index (χ1n) is 6.26. The summed E-state index contributed by atoms with van der Waals surface area (Å²) in [5.41, 5.74) is 0.874. The van der Waals surface area contributed by atoms with Crippen LogP contribution >= 0.6 is 11.8 Å². The molecule has 1 aromatic rings. The van der Waals surface area contributed by atoms with Gasteiger partial charge in [-0.05, 0) is 19.4 Å². The fourth-order valence-corrected chi connectivity index (χ4v) is 3.27. The maximum Gasteiger partial charge on any atom is 0.411 e. The van der Waals surface area contributed by atoms with Crippen LogP contribution in [0.4, 0.5) is 4.79 Å². The normalized spacial score (nSPS) is 20.7. The Labute approximate surface area is 121 Å². The number of thioether (sulfide) groups is 1. The fourth-order valence-electron chi connectivity index (χ4n) is 2.16. The summed E-state index contributed by atoms with van der Waals surface area (Å²) in [6.45, 7) is 3.79. The lowest BCUT2D eigenvalue weighted by Gasteiger charge is -2.27. The van der Waals surface area contributed by atoms with Gasteiger partial charge in [0.1, 0.15) is 12.6 Å². The number of rotatable bonds is 3. The molecule has 6 heteroatoms. The van der Waals surface area contributed by atoms with Crippen LogP contribution in [0.15, 0.2) is 30.3 Å². The van der Waals surface area contributed by atoms with Gasteiger partial charge in [-0.3, -0.25) is 4.90 Å². The molecule has 0 bridgehead atoms. The van der Waals surface area contributed by atoms with Crippen molar-refractivity contribution < 1.29 is 19.4 Å². The average molecular weight is 295 g/mol. The van der Waals surface area contributed by atoms with Crippen molar-refractivity contribution in [2.24, 2.45) is 0 Å². The van der Waals surface area contributed by atoms with Crippen LogP contribution in [0.25, 0.3) is 0 Å². The second-order valence-electron chi connectivity index (χ2n) is 5.13. The lowest BCUT2D eigenvalue weighted by Crippen LogP contribution is -2.48. The van der Waals surface area contributed by atoms with Gasteiger partial charge in [-0.15, -0.1) is 11.8 Å². The van der Waals surface area contributed by atoms with Gasteiger partial charge in [0.15, 0.2) is 0 Å². The molecule has 1 heterocycles. The SMILES string of the molecule is CC1(C)SCN(C(=O)OCc2ccccc2)C1C(=O)O. The standard InChI is InChI=1S/C14H17NO4S/c1-14(2)11(12(16)17)15(9-20-14)13(18)19-8-10-6-4-3-5-7-10/h3-7,11H,8-9H2,1-2H3,(H,16,17). The lowest BCUT2D eigenvalue weighted by molar-refractivity contribution is -0.142. The Morgan fingerprint density at radius 2 is 2.05 bits per heavy atom. The molecule has 1 unspecified atom stereocenters. The van der Waals surface area contributed by atoms with E-state index in [2.05, 4.69) is 0 Å². The number of amides is 1. The number of hydrogen-bond donors (Lipinski definition) is 1. The molecule has 1 aromatic carbocycles. The Hall–Kier alpha value is -1.69. The number of carboxylic acid groups (broad SMARTS) is 1. The van der Waals surface area contributed by atoms with E-state index in [9.17, 15) is 14.7 Å². The molecule has 108 valence electrons. The van der Waals surface area contributed by atoms with Crippen molar-refractivity contribution in [3.05, 3.63) is 35.9 Å². The summed E-state index contributed by atoms with van der Waals surface area (Å²) in [5.74, 6) is -0.672. The summed E-state index contributed by atoms with van der Waals surface area (Å²) in [5, 5.41) is 9.29. The third-order valence-electron chi connectivity index (χ3n) is 3.22. The second-order valence-corrected chi connectivity index (χ2v) is 6.73. The zero-order chi connectivity index (χ0) is 14.8. The number of nitrogens with zero attached hydrogens (tertiary/aromatic N) is 1. The molecule has 1 atom stereocenters. The minimum absolute atomic E-state index is 0.146. The zero-order valence-corrected chi connectivity index (χ0v) is 12.2. The Morgan fingerprint density at radius 1 is 1.40 bits per heavy atom. The average Bonchev–Trinajstić information content (AvgIpc) is 2.73. The molecule has 1 aliphatic heterocycles. The van der Waals surface area contributed by atoms with Crippen LogP contribution in [0.1, 0.15) is 19.4 Å². The smallest absolute Gasteiger partial charge is 0.411 e. The summed E-state index contributed by atoms with van der Waals surface area (Å²) in [4.78, 5) is 24.7. The first-order chi connectivity index (χ1) is 9.42.